The second-order valence-electron chi connectivity index (χ2n) is 3.36. The van der Waals surface area contributed by atoms with E-state index >= 15 is 0 Å². The van der Waals surface area contributed by atoms with Crippen LogP contribution in [0.2, 0.25) is 5.15 Å². The van der Waals surface area contributed by atoms with Gasteiger partial charge in [-0.15, -0.1) is 0 Å². The van der Waals surface area contributed by atoms with Gasteiger partial charge in [-0.1, -0.05) is 23.7 Å². The summed E-state index contributed by atoms with van der Waals surface area (Å²) in [5.41, 5.74) is 4.84. The number of fused-ring (bicyclic) bond motifs is 3. The van der Waals surface area contributed by atoms with Crippen molar-refractivity contribution in [2.24, 2.45) is 5.84 Å². The summed E-state index contributed by atoms with van der Waals surface area (Å²) in [7, 11) is 0. The van der Waals surface area contributed by atoms with Gasteiger partial charge in [-0.25, -0.2) is 15.8 Å². The molecule has 3 N–H and O–H groups in total. The highest BCUT2D eigenvalue weighted by molar-refractivity contribution is 6.32. The van der Waals surface area contributed by atoms with Gasteiger partial charge in [-0.2, -0.15) is 0 Å². The molecule has 0 unspecified atom stereocenters. The molecule has 0 aliphatic heterocycles. The lowest BCUT2D eigenvalue weighted by atomic mass is 10.3. The van der Waals surface area contributed by atoms with Gasteiger partial charge in [0, 0.05) is 0 Å². The Morgan fingerprint density at radius 3 is 2.88 bits per heavy atom. The molecule has 0 atom stereocenters. The number of benzene rings is 1. The van der Waals surface area contributed by atoms with Crippen LogP contribution in [0.3, 0.4) is 0 Å². The quantitative estimate of drug-likeness (QED) is 0.497. The third kappa shape index (κ3) is 1.22. The van der Waals surface area contributed by atoms with Gasteiger partial charge in [0.1, 0.15) is 0 Å². The Morgan fingerprint density at radius 2 is 2.06 bits per heavy atom. The van der Waals surface area contributed by atoms with Crippen molar-refractivity contribution in [1.82, 2.24) is 14.4 Å². The highest BCUT2D eigenvalue weighted by Crippen LogP contribution is 2.22. The van der Waals surface area contributed by atoms with Crippen LogP contribution >= 0.6 is 11.6 Å². The summed E-state index contributed by atoms with van der Waals surface area (Å²) in [6.07, 6.45) is 1.78. The molecule has 80 valence electrons. The van der Waals surface area contributed by atoms with Crippen molar-refractivity contribution in [3.05, 3.63) is 35.6 Å². The number of imidazole rings is 1. The summed E-state index contributed by atoms with van der Waals surface area (Å²) in [6, 6.07) is 7.70. The SMILES string of the molecule is NNc1cn2c(n1)c(Cl)nc1ccccc12. The van der Waals surface area contributed by atoms with E-state index in [1.54, 1.807) is 6.20 Å². The van der Waals surface area contributed by atoms with Gasteiger partial charge in [0.25, 0.3) is 0 Å². The Morgan fingerprint density at radius 1 is 1.25 bits per heavy atom. The molecule has 0 aliphatic carbocycles. The van der Waals surface area contributed by atoms with Crippen LogP contribution in [0, 0.1) is 0 Å². The number of halogens is 1. The molecule has 2 aromatic heterocycles. The predicted molar refractivity (Wildman–Crippen MR) is 63.3 cm³/mol. The molecule has 0 fully saturated rings. The molecule has 0 bridgehead atoms. The zero-order valence-electron chi connectivity index (χ0n) is 8.18. The second-order valence-corrected chi connectivity index (χ2v) is 3.71. The molecule has 1 aromatic carbocycles. The number of nitrogens with two attached hydrogens (primary N) is 1. The van der Waals surface area contributed by atoms with Gasteiger partial charge >= 0.3 is 0 Å². The van der Waals surface area contributed by atoms with Gasteiger partial charge in [0.15, 0.2) is 16.6 Å². The highest BCUT2D eigenvalue weighted by atomic mass is 35.5. The van der Waals surface area contributed by atoms with Crippen LogP contribution in [0.4, 0.5) is 5.82 Å². The fourth-order valence-corrected chi connectivity index (χ4v) is 1.92. The summed E-state index contributed by atoms with van der Waals surface area (Å²) < 4.78 is 1.86. The van der Waals surface area contributed by atoms with Crippen molar-refractivity contribution in [3.8, 4) is 0 Å². The van der Waals surface area contributed by atoms with E-state index in [1.807, 2.05) is 28.7 Å². The molecule has 16 heavy (non-hydrogen) atoms. The van der Waals surface area contributed by atoms with Crippen molar-refractivity contribution in [1.29, 1.82) is 0 Å². The lowest BCUT2D eigenvalue weighted by Gasteiger charge is -2.01. The topological polar surface area (TPSA) is 68.2 Å². The van der Waals surface area contributed by atoms with E-state index in [4.69, 9.17) is 17.4 Å². The lowest BCUT2D eigenvalue weighted by molar-refractivity contribution is 1.21. The zero-order chi connectivity index (χ0) is 11.1. The van der Waals surface area contributed by atoms with Crippen molar-refractivity contribution >= 4 is 34.1 Å². The minimum Gasteiger partial charge on any atom is -0.307 e. The number of nitrogens with one attached hydrogen (secondary N) is 1. The Hall–Kier alpha value is -1.85. The Bertz CT molecular complexity index is 675. The minimum absolute atomic E-state index is 0.361. The van der Waals surface area contributed by atoms with Crippen molar-refractivity contribution < 1.29 is 0 Å². The maximum Gasteiger partial charge on any atom is 0.177 e. The maximum absolute atomic E-state index is 6.04. The number of para-hydroxylation sites is 2. The molecule has 2 heterocycles. The van der Waals surface area contributed by atoms with Gasteiger partial charge < -0.3 is 5.43 Å². The van der Waals surface area contributed by atoms with Crippen LogP contribution in [0.1, 0.15) is 0 Å². The van der Waals surface area contributed by atoms with E-state index in [0.29, 0.717) is 16.6 Å². The van der Waals surface area contributed by atoms with Crippen LogP contribution in [0.15, 0.2) is 30.5 Å². The van der Waals surface area contributed by atoms with Gasteiger partial charge in [-0.3, -0.25) is 4.40 Å². The molecule has 6 heteroatoms. The standard InChI is InChI=1S/C10H8ClN5/c11-9-10-14-8(15-12)5-16(10)7-4-2-1-3-6(7)13-9/h1-5,15H,12H2. The normalized spacial score (nSPS) is 11.1. The van der Waals surface area contributed by atoms with E-state index in [2.05, 4.69) is 15.4 Å². The molecule has 3 aromatic rings. The molecule has 0 aliphatic rings. The molecule has 0 saturated heterocycles. The van der Waals surface area contributed by atoms with Crippen molar-refractivity contribution in [2.45, 2.75) is 0 Å². The smallest absolute Gasteiger partial charge is 0.177 e. The van der Waals surface area contributed by atoms with Crippen LogP contribution in [-0.2, 0) is 0 Å². The number of aromatic nitrogens is 3. The van der Waals surface area contributed by atoms with E-state index in [1.165, 1.54) is 0 Å². The first-order valence-electron chi connectivity index (χ1n) is 4.69. The Balaban J connectivity index is 2.52. The van der Waals surface area contributed by atoms with Crippen LogP contribution in [0.5, 0.6) is 0 Å². The molecule has 0 saturated carbocycles. The first kappa shape index (κ1) is 9.38. The third-order valence-electron chi connectivity index (χ3n) is 2.40. The molecular weight excluding hydrogens is 226 g/mol. The third-order valence-corrected chi connectivity index (χ3v) is 2.65. The van der Waals surface area contributed by atoms with E-state index in [-0.39, 0.29) is 0 Å². The number of hydrogen-bond donors (Lipinski definition) is 2. The maximum atomic E-state index is 6.04. The number of hydrazine groups is 1. The summed E-state index contributed by atoms with van der Waals surface area (Å²) >= 11 is 6.04. The first-order chi connectivity index (χ1) is 7.79. The minimum atomic E-state index is 0.361. The number of hydrogen-bond acceptors (Lipinski definition) is 4. The predicted octanol–water partition coefficient (Wildman–Crippen LogP) is 1.82. The molecule has 0 amide bonds. The highest BCUT2D eigenvalue weighted by Gasteiger charge is 2.09. The average Bonchev–Trinajstić information content (AvgIpc) is 2.74. The first-order valence-corrected chi connectivity index (χ1v) is 5.07. The van der Waals surface area contributed by atoms with Crippen molar-refractivity contribution in [2.75, 3.05) is 5.43 Å². The number of rotatable bonds is 1. The van der Waals surface area contributed by atoms with Crippen LogP contribution in [0.25, 0.3) is 16.7 Å². The molecule has 3 rings (SSSR count). The van der Waals surface area contributed by atoms with Gasteiger partial charge in [0.2, 0.25) is 0 Å². The van der Waals surface area contributed by atoms with Crippen molar-refractivity contribution in [3.63, 3.8) is 0 Å². The lowest BCUT2D eigenvalue weighted by Crippen LogP contribution is -2.06. The molecule has 5 nitrogen and oxygen atoms in total. The monoisotopic (exact) mass is 233 g/mol. The van der Waals surface area contributed by atoms with Gasteiger partial charge in [-0.05, 0) is 12.1 Å². The second kappa shape index (κ2) is 3.33. The van der Waals surface area contributed by atoms with Crippen LogP contribution in [-0.4, -0.2) is 14.4 Å². The van der Waals surface area contributed by atoms with Crippen LogP contribution < -0.4 is 11.3 Å². The number of anilines is 1. The summed E-state index contributed by atoms with van der Waals surface area (Å²) in [5.74, 6) is 5.87. The summed E-state index contributed by atoms with van der Waals surface area (Å²) in [6.45, 7) is 0. The largest absolute Gasteiger partial charge is 0.307 e. The number of nitrogen functional groups attached to an aromatic ring is 1. The fraction of sp³-hybridized carbons (Fsp3) is 0. The fourth-order valence-electron chi connectivity index (χ4n) is 1.70. The average molecular weight is 234 g/mol. The van der Waals surface area contributed by atoms with Gasteiger partial charge in [0.05, 0.1) is 17.2 Å². The molecule has 0 spiro atoms. The Labute approximate surface area is 95.8 Å². The van der Waals surface area contributed by atoms with E-state index < -0.39 is 0 Å². The summed E-state index contributed by atoms with van der Waals surface area (Å²) in [4.78, 5) is 8.48. The van der Waals surface area contributed by atoms with E-state index in [9.17, 15) is 0 Å². The van der Waals surface area contributed by atoms with E-state index in [0.717, 1.165) is 11.0 Å². The Kier molecular flexibility index (Phi) is 1.95. The summed E-state index contributed by atoms with van der Waals surface area (Å²) in [5, 5.41) is 0.361. The number of nitrogens with zero attached hydrogens (tertiary/aromatic N) is 3. The molecule has 0 radical (unpaired) electrons. The molecular formula is C10H8ClN5. The zero-order valence-corrected chi connectivity index (χ0v) is 8.94.